The van der Waals surface area contributed by atoms with E-state index in [9.17, 15) is 5.11 Å². The fourth-order valence-corrected chi connectivity index (χ4v) is 1.67. The van der Waals surface area contributed by atoms with E-state index in [1.54, 1.807) is 0 Å². The molecular formula is C13H29NO. The van der Waals surface area contributed by atoms with Gasteiger partial charge in [-0.15, -0.1) is 0 Å². The van der Waals surface area contributed by atoms with Gasteiger partial charge in [0.2, 0.25) is 0 Å². The van der Waals surface area contributed by atoms with Gasteiger partial charge in [-0.05, 0) is 45.2 Å². The van der Waals surface area contributed by atoms with Crippen LogP contribution in [0.1, 0.15) is 59.8 Å². The highest BCUT2D eigenvalue weighted by molar-refractivity contribution is 4.72. The van der Waals surface area contributed by atoms with Crippen LogP contribution in [0, 0.1) is 5.92 Å². The first-order valence-corrected chi connectivity index (χ1v) is 6.41. The van der Waals surface area contributed by atoms with Crippen molar-refractivity contribution in [1.82, 2.24) is 5.32 Å². The van der Waals surface area contributed by atoms with Crippen molar-refractivity contribution >= 4 is 0 Å². The van der Waals surface area contributed by atoms with E-state index in [4.69, 9.17) is 0 Å². The highest BCUT2D eigenvalue weighted by atomic mass is 16.3. The number of aliphatic hydroxyl groups is 1. The fraction of sp³-hybridized carbons (Fsp3) is 1.00. The van der Waals surface area contributed by atoms with Crippen LogP contribution < -0.4 is 5.32 Å². The molecule has 15 heavy (non-hydrogen) atoms. The maximum atomic E-state index is 10.0. The van der Waals surface area contributed by atoms with E-state index in [0.29, 0.717) is 5.92 Å². The molecule has 0 aromatic rings. The van der Waals surface area contributed by atoms with Gasteiger partial charge in [-0.1, -0.05) is 33.6 Å². The van der Waals surface area contributed by atoms with Crippen LogP contribution in [-0.2, 0) is 0 Å². The molecule has 0 heterocycles. The summed E-state index contributed by atoms with van der Waals surface area (Å²) < 4.78 is 0. The van der Waals surface area contributed by atoms with Gasteiger partial charge in [0.25, 0.3) is 0 Å². The lowest BCUT2D eigenvalue weighted by Gasteiger charge is -2.23. The zero-order chi connectivity index (χ0) is 11.7. The van der Waals surface area contributed by atoms with Gasteiger partial charge < -0.3 is 10.4 Å². The molecule has 0 fully saturated rings. The van der Waals surface area contributed by atoms with Gasteiger partial charge in [-0.25, -0.2) is 0 Å². The summed E-state index contributed by atoms with van der Waals surface area (Å²) in [6, 6.07) is 0. The fourth-order valence-electron chi connectivity index (χ4n) is 1.67. The van der Waals surface area contributed by atoms with E-state index < -0.39 is 5.60 Å². The first-order valence-electron chi connectivity index (χ1n) is 6.41. The number of hydrogen-bond donors (Lipinski definition) is 2. The predicted molar refractivity (Wildman–Crippen MR) is 67.1 cm³/mol. The maximum absolute atomic E-state index is 10.0. The zero-order valence-corrected chi connectivity index (χ0v) is 11.0. The van der Waals surface area contributed by atoms with Crippen molar-refractivity contribution in [2.75, 3.05) is 13.1 Å². The van der Waals surface area contributed by atoms with Crippen molar-refractivity contribution < 1.29 is 5.11 Å². The molecule has 0 aromatic heterocycles. The summed E-state index contributed by atoms with van der Waals surface area (Å²) in [5.74, 6) is 0.714. The second-order valence-electron chi connectivity index (χ2n) is 5.30. The molecule has 0 aliphatic heterocycles. The maximum Gasteiger partial charge on any atom is 0.0620 e. The quantitative estimate of drug-likeness (QED) is 0.580. The Hall–Kier alpha value is -0.0800. The van der Waals surface area contributed by atoms with Crippen LogP contribution >= 0.6 is 0 Å². The number of nitrogens with one attached hydrogen (secondary N) is 1. The molecule has 0 aliphatic rings. The third-order valence-corrected chi connectivity index (χ3v) is 2.69. The van der Waals surface area contributed by atoms with Crippen LogP contribution in [0.2, 0.25) is 0 Å². The van der Waals surface area contributed by atoms with Crippen LogP contribution in [0.3, 0.4) is 0 Å². The SMILES string of the molecule is CCCCC(C)(O)CCCNCC(C)C. The Morgan fingerprint density at radius 1 is 1.20 bits per heavy atom. The number of rotatable bonds is 9. The van der Waals surface area contributed by atoms with Crippen molar-refractivity contribution in [2.24, 2.45) is 5.92 Å². The van der Waals surface area contributed by atoms with Gasteiger partial charge in [-0.3, -0.25) is 0 Å². The van der Waals surface area contributed by atoms with Crippen molar-refractivity contribution in [1.29, 1.82) is 0 Å². The molecule has 1 unspecified atom stereocenters. The van der Waals surface area contributed by atoms with Crippen LogP contribution in [-0.4, -0.2) is 23.8 Å². The molecule has 1 atom stereocenters. The molecule has 0 saturated heterocycles. The minimum atomic E-state index is -0.449. The molecule has 92 valence electrons. The second-order valence-corrected chi connectivity index (χ2v) is 5.30. The van der Waals surface area contributed by atoms with Crippen LogP contribution in [0.25, 0.3) is 0 Å². The summed E-state index contributed by atoms with van der Waals surface area (Å²) in [7, 11) is 0. The Labute approximate surface area is 95.5 Å². The molecule has 0 spiro atoms. The smallest absolute Gasteiger partial charge is 0.0620 e. The van der Waals surface area contributed by atoms with Crippen molar-refractivity contribution in [3.05, 3.63) is 0 Å². The Morgan fingerprint density at radius 3 is 2.33 bits per heavy atom. The van der Waals surface area contributed by atoms with Crippen molar-refractivity contribution in [2.45, 2.75) is 65.4 Å². The Kier molecular flexibility index (Phi) is 8.07. The highest BCUT2D eigenvalue weighted by Gasteiger charge is 2.18. The number of unbranched alkanes of at least 4 members (excludes halogenated alkanes) is 1. The topological polar surface area (TPSA) is 32.3 Å². The van der Waals surface area contributed by atoms with Crippen LogP contribution in [0.5, 0.6) is 0 Å². The van der Waals surface area contributed by atoms with Gasteiger partial charge in [0, 0.05) is 0 Å². The predicted octanol–water partition coefficient (Wildman–Crippen LogP) is 2.95. The summed E-state index contributed by atoms with van der Waals surface area (Å²) in [4.78, 5) is 0. The third kappa shape index (κ3) is 10.2. The largest absolute Gasteiger partial charge is 0.390 e. The average Bonchev–Trinajstić information content (AvgIpc) is 2.14. The van der Waals surface area contributed by atoms with Crippen LogP contribution in [0.15, 0.2) is 0 Å². The van der Waals surface area contributed by atoms with E-state index in [-0.39, 0.29) is 0 Å². The highest BCUT2D eigenvalue weighted by Crippen LogP contribution is 2.19. The second kappa shape index (κ2) is 8.12. The standard InChI is InChI=1S/C13H29NO/c1-5-6-8-13(4,15)9-7-10-14-11-12(2)3/h12,14-15H,5-11H2,1-4H3. The van der Waals surface area contributed by atoms with Crippen molar-refractivity contribution in [3.63, 3.8) is 0 Å². The normalized spacial score (nSPS) is 15.6. The summed E-state index contributed by atoms with van der Waals surface area (Å²) in [6.45, 7) is 10.7. The lowest BCUT2D eigenvalue weighted by atomic mass is 9.94. The monoisotopic (exact) mass is 215 g/mol. The Bertz CT molecular complexity index is 143. The molecule has 2 heteroatoms. The molecule has 0 saturated carbocycles. The van der Waals surface area contributed by atoms with Crippen LogP contribution in [0.4, 0.5) is 0 Å². The molecule has 0 rings (SSSR count). The first-order chi connectivity index (χ1) is 6.98. The average molecular weight is 215 g/mol. The summed E-state index contributed by atoms with van der Waals surface area (Å²) in [5, 5.41) is 13.4. The number of hydrogen-bond acceptors (Lipinski definition) is 2. The molecule has 0 radical (unpaired) electrons. The lowest BCUT2D eigenvalue weighted by molar-refractivity contribution is 0.0378. The minimum absolute atomic E-state index is 0.449. The van der Waals surface area contributed by atoms with Gasteiger partial charge in [-0.2, -0.15) is 0 Å². The van der Waals surface area contributed by atoms with E-state index in [1.165, 1.54) is 6.42 Å². The Morgan fingerprint density at radius 2 is 1.80 bits per heavy atom. The zero-order valence-electron chi connectivity index (χ0n) is 11.0. The molecule has 0 bridgehead atoms. The molecule has 0 aromatic carbocycles. The van der Waals surface area contributed by atoms with E-state index in [0.717, 1.165) is 38.8 Å². The van der Waals surface area contributed by atoms with E-state index in [1.807, 2.05) is 6.92 Å². The molecule has 0 amide bonds. The molecule has 0 aliphatic carbocycles. The summed E-state index contributed by atoms with van der Waals surface area (Å²) in [5.41, 5.74) is -0.449. The first kappa shape index (κ1) is 14.9. The van der Waals surface area contributed by atoms with Gasteiger partial charge >= 0.3 is 0 Å². The summed E-state index contributed by atoms with van der Waals surface area (Å²) in [6.07, 6.45) is 5.23. The van der Waals surface area contributed by atoms with E-state index >= 15 is 0 Å². The molecule has 2 nitrogen and oxygen atoms in total. The molecular weight excluding hydrogens is 186 g/mol. The van der Waals surface area contributed by atoms with E-state index in [2.05, 4.69) is 26.1 Å². The molecule has 2 N–H and O–H groups in total. The Balaban J connectivity index is 3.40. The van der Waals surface area contributed by atoms with Crippen molar-refractivity contribution in [3.8, 4) is 0 Å². The van der Waals surface area contributed by atoms with Gasteiger partial charge in [0.05, 0.1) is 5.60 Å². The van der Waals surface area contributed by atoms with Gasteiger partial charge in [0.15, 0.2) is 0 Å². The minimum Gasteiger partial charge on any atom is -0.390 e. The summed E-state index contributed by atoms with van der Waals surface area (Å²) >= 11 is 0. The lowest BCUT2D eigenvalue weighted by Crippen LogP contribution is -2.27. The third-order valence-electron chi connectivity index (χ3n) is 2.69. The van der Waals surface area contributed by atoms with Gasteiger partial charge in [0.1, 0.15) is 0 Å².